The van der Waals surface area contributed by atoms with Gasteiger partial charge in [0.15, 0.2) is 0 Å². The van der Waals surface area contributed by atoms with Gasteiger partial charge in [0.25, 0.3) is 0 Å². The minimum Gasteiger partial charge on any atom is -0.380 e. The molecular formula is C16H25FN2O. The van der Waals surface area contributed by atoms with Gasteiger partial charge in [-0.1, -0.05) is 12.1 Å². The number of methoxy groups -OCH3 is 1. The van der Waals surface area contributed by atoms with Gasteiger partial charge >= 0.3 is 0 Å². The lowest BCUT2D eigenvalue weighted by molar-refractivity contribution is 0.0302. The number of piperidine rings is 1. The molecule has 2 unspecified atom stereocenters. The lowest BCUT2D eigenvalue weighted by Gasteiger charge is -2.32. The highest BCUT2D eigenvalue weighted by molar-refractivity contribution is 5.20. The molecule has 2 rings (SSSR count). The summed E-state index contributed by atoms with van der Waals surface area (Å²) in [6, 6.07) is 7.07. The molecule has 1 aromatic carbocycles. The molecule has 1 aromatic rings. The summed E-state index contributed by atoms with van der Waals surface area (Å²) in [6.07, 6.45) is 3.71. The van der Waals surface area contributed by atoms with Gasteiger partial charge in [-0.15, -0.1) is 0 Å². The van der Waals surface area contributed by atoms with Crippen LogP contribution in [-0.2, 0) is 4.74 Å². The van der Waals surface area contributed by atoms with E-state index in [-0.39, 0.29) is 11.9 Å². The molecule has 1 aliphatic rings. The lowest BCUT2D eigenvalue weighted by Crippen LogP contribution is -2.40. The molecule has 1 aliphatic heterocycles. The number of ether oxygens (including phenoxy) is 1. The fourth-order valence-electron chi connectivity index (χ4n) is 2.92. The first-order valence-electron chi connectivity index (χ1n) is 7.41. The Hall–Kier alpha value is -0.970. The quantitative estimate of drug-likeness (QED) is 0.867. The van der Waals surface area contributed by atoms with E-state index in [2.05, 4.69) is 10.2 Å². The van der Waals surface area contributed by atoms with Gasteiger partial charge in [-0.2, -0.15) is 0 Å². The van der Waals surface area contributed by atoms with Gasteiger partial charge in [0.05, 0.1) is 6.10 Å². The van der Waals surface area contributed by atoms with E-state index < -0.39 is 0 Å². The van der Waals surface area contributed by atoms with E-state index in [1.807, 2.05) is 13.1 Å². The molecule has 1 N–H and O–H groups in total. The maximum absolute atomic E-state index is 13.3. The zero-order chi connectivity index (χ0) is 14.4. The minimum atomic E-state index is -0.167. The highest BCUT2D eigenvalue weighted by Gasteiger charge is 2.20. The number of hydrogen-bond donors (Lipinski definition) is 1. The van der Waals surface area contributed by atoms with Crippen LogP contribution in [0.2, 0.25) is 0 Å². The van der Waals surface area contributed by atoms with Gasteiger partial charge in [0.2, 0.25) is 0 Å². The predicted octanol–water partition coefficient (Wildman–Crippen LogP) is 2.59. The van der Waals surface area contributed by atoms with Crippen LogP contribution >= 0.6 is 0 Å². The maximum atomic E-state index is 13.3. The predicted molar refractivity (Wildman–Crippen MR) is 79.3 cm³/mol. The zero-order valence-corrected chi connectivity index (χ0v) is 12.4. The van der Waals surface area contributed by atoms with Crippen molar-refractivity contribution in [1.29, 1.82) is 0 Å². The second kappa shape index (κ2) is 7.72. The Morgan fingerprint density at radius 3 is 3.05 bits per heavy atom. The Morgan fingerprint density at radius 2 is 2.35 bits per heavy atom. The molecule has 112 valence electrons. The van der Waals surface area contributed by atoms with Crippen LogP contribution in [0.1, 0.15) is 30.9 Å². The van der Waals surface area contributed by atoms with Crippen LogP contribution in [0.4, 0.5) is 4.39 Å². The SMILES string of the molecule is CNC(CCN1CCCC(OC)C1)c1cccc(F)c1. The van der Waals surface area contributed by atoms with Crippen LogP contribution in [0.5, 0.6) is 0 Å². The summed E-state index contributed by atoms with van der Waals surface area (Å²) >= 11 is 0. The van der Waals surface area contributed by atoms with Gasteiger partial charge in [-0.3, -0.25) is 0 Å². The molecule has 0 bridgehead atoms. The molecule has 3 nitrogen and oxygen atoms in total. The van der Waals surface area contributed by atoms with Crippen LogP contribution in [0.3, 0.4) is 0 Å². The van der Waals surface area contributed by atoms with E-state index in [9.17, 15) is 4.39 Å². The highest BCUT2D eigenvalue weighted by atomic mass is 19.1. The molecule has 0 amide bonds. The van der Waals surface area contributed by atoms with E-state index in [0.29, 0.717) is 6.10 Å². The molecule has 1 fully saturated rings. The molecule has 2 atom stereocenters. The Morgan fingerprint density at radius 1 is 1.50 bits per heavy atom. The molecule has 0 radical (unpaired) electrons. The third-order valence-corrected chi connectivity index (χ3v) is 4.13. The number of nitrogens with one attached hydrogen (secondary N) is 1. The molecule has 0 spiro atoms. The number of likely N-dealkylation sites (tertiary alicyclic amines) is 1. The topological polar surface area (TPSA) is 24.5 Å². The Balaban J connectivity index is 1.87. The number of halogens is 1. The van der Waals surface area contributed by atoms with Crippen molar-refractivity contribution in [3.8, 4) is 0 Å². The summed E-state index contributed by atoms with van der Waals surface area (Å²) in [5.74, 6) is -0.167. The largest absolute Gasteiger partial charge is 0.380 e. The average Bonchev–Trinajstić information content (AvgIpc) is 2.48. The average molecular weight is 280 g/mol. The maximum Gasteiger partial charge on any atom is 0.123 e. The van der Waals surface area contributed by atoms with Crippen molar-refractivity contribution in [2.75, 3.05) is 33.8 Å². The number of hydrogen-bond acceptors (Lipinski definition) is 3. The monoisotopic (exact) mass is 280 g/mol. The summed E-state index contributed by atoms with van der Waals surface area (Å²) in [5, 5.41) is 3.29. The van der Waals surface area contributed by atoms with Crippen molar-refractivity contribution < 1.29 is 9.13 Å². The molecule has 0 aliphatic carbocycles. The lowest BCUT2D eigenvalue weighted by atomic mass is 10.0. The first-order chi connectivity index (χ1) is 9.72. The second-order valence-corrected chi connectivity index (χ2v) is 5.49. The van der Waals surface area contributed by atoms with Crippen molar-refractivity contribution in [2.24, 2.45) is 0 Å². The van der Waals surface area contributed by atoms with Crippen molar-refractivity contribution in [3.63, 3.8) is 0 Å². The summed E-state index contributed by atoms with van der Waals surface area (Å²) in [5.41, 5.74) is 1.02. The van der Waals surface area contributed by atoms with Crippen molar-refractivity contribution in [3.05, 3.63) is 35.6 Å². The van der Waals surface area contributed by atoms with E-state index >= 15 is 0 Å². The van der Waals surface area contributed by atoms with E-state index in [1.54, 1.807) is 19.2 Å². The van der Waals surface area contributed by atoms with Crippen LogP contribution < -0.4 is 5.32 Å². The smallest absolute Gasteiger partial charge is 0.123 e. The second-order valence-electron chi connectivity index (χ2n) is 5.49. The highest BCUT2D eigenvalue weighted by Crippen LogP contribution is 2.19. The first-order valence-corrected chi connectivity index (χ1v) is 7.41. The van der Waals surface area contributed by atoms with Crippen molar-refractivity contribution in [2.45, 2.75) is 31.4 Å². The van der Waals surface area contributed by atoms with E-state index in [1.165, 1.54) is 12.5 Å². The van der Waals surface area contributed by atoms with Crippen LogP contribution in [0, 0.1) is 5.82 Å². The van der Waals surface area contributed by atoms with Crippen molar-refractivity contribution >= 4 is 0 Å². The van der Waals surface area contributed by atoms with E-state index in [4.69, 9.17) is 4.74 Å². The van der Waals surface area contributed by atoms with Crippen LogP contribution in [-0.4, -0.2) is 44.8 Å². The van der Waals surface area contributed by atoms with Gasteiger partial charge in [-0.25, -0.2) is 4.39 Å². The normalized spacial score (nSPS) is 21.9. The zero-order valence-electron chi connectivity index (χ0n) is 12.4. The van der Waals surface area contributed by atoms with Crippen molar-refractivity contribution in [1.82, 2.24) is 10.2 Å². The standard InChI is InChI=1S/C16H25FN2O/c1-18-16(13-5-3-6-14(17)11-13)8-10-19-9-4-7-15(12-19)20-2/h3,5-6,11,15-16,18H,4,7-10,12H2,1-2H3. The molecule has 0 aromatic heterocycles. The molecular weight excluding hydrogens is 255 g/mol. The fraction of sp³-hybridized carbons (Fsp3) is 0.625. The first kappa shape index (κ1) is 15.4. The number of nitrogens with zero attached hydrogens (tertiary/aromatic N) is 1. The third-order valence-electron chi connectivity index (χ3n) is 4.13. The molecule has 1 saturated heterocycles. The van der Waals surface area contributed by atoms with Crippen LogP contribution in [0.25, 0.3) is 0 Å². The van der Waals surface area contributed by atoms with Gasteiger partial charge in [0, 0.05) is 26.2 Å². The Labute approximate surface area is 121 Å². The number of rotatable bonds is 6. The molecule has 4 heteroatoms. The van der Waals surface area contributed by atoms with Gasteiger partial charge < -0.3 is 15.0 Å². The van der Waals surface area contributed by atoms with Gasteiger partial charge in [0.1, 0.15) is 5.82 Å². The molecule has 20 heavy (non-hydrogen) atoms. The summed E-state index contributed by atoms with van der Waals surface area (Å²) < 4.78 is 18.7. The number of benzene rings is 1. The molecule has 0 saturated carbocycles. The van der Waals surface area contributed by atoms with E-state index in [0.717, 1.165) is 38.0 Å². The third kappa shape index (κ3) is 4.27. The summed E-state index contributed by atoms with van der Waals surface area (Å²) in [7, 11) is 3.72. The summed E-state index contributed by atoms with van der Waals surface area (Å²) in [4.78, 5) is 2.45. The fourth-order valence-corrected chi connectivity index (χ4v) is 2.92. The minimum absolute atomic E-state index is 0.167. The Bertz CT molecular complexity index is 413. The summed E-state index contributed by atoms with van der Waals surface area (Å²) in [6.45, 7) is 3.16. The van der Waals surface area contributed by atoms with Crippen LogP contribution in [0.15, 0.2) is 24.3 Å². The Kier molecular flexibility index (Phi) is 5.95. The molecule has 1 heterocycles. The van der Waals surface area contributed by atoms with Gasteiger partial charge in [-0.05, 0) is 50.6 Å².